The van der Waals surface area contributed by atoms with Crippen LogP contribution in [0, 0.1) is 11.6 Å². The molecule has 0 fully saturated rings. The van der Waals surface area contributed by atoms with Gasteiger partial charge in [0.15, 0.2) is 5.82 Å². The van der Waals surface area contributed by atoms with Gasteiger partial charge < -0.3 is 4.90 Å². The number of amides is 1. The Hall–Kier alpha value is -3.42. The smallest absolute Gasteiger partial charge is 0.230 e. The molecule has 4 rings (SSSR count). The maximum atomic E-state index is 14.6. The fourth-order valence-electron chi connectivity index (χ4n) is 3.88. The minimum Gasteiger partial charge on any atom is -0.343 e. The maximum absolute atomic E-state index is 14.6. The zero-order valence-electron chi connectivity index (χ0n) is 17.6. The van der Waals surface area contributed by atoms with E-state index in [1.807, 2.05) is 20.8 Å². The minimum atomic E-state index is -0.477. The lowest BCUT2D eigenvalue weighted by Crippen LogP contribution is -2.32. The van der Waals surface area contributed by atoms with Crippen molar-refractivity contribution in [3.05, 3.63) is 76.9 Å². The summed E-state index contributed by atoms with van der Waals surface area (Å²) in [6.45, 7) is 6.84. The average Bonchev–Trinajstić information content (AvgIpc) is 3.11. The molecule has 0 spiro atoms. The molecular formula is C23H23F2N5O. The quantitative estimate of drug-likeness (QED) is 0.626. The van der Waals surface area contributed by atoms with Crippen LogP contribution in [0.2, 0.25) is 0 Å². The molecule has 2 heterocycles. The number of aromatic nitrogens is 3. The van der Waals surface area contributed by atoms with Crippen molar-refractivity contribution in [1.29, 1.82) is 0 Å². The van der Waals surface area contributed by atoms with Gasteiger partial charge in [-0.2, -0.15) is 0 Å². The molecule has 0 radical (unpaired) electrons. The molecule has 2 aromatic carbocycles. The van der Waals surface area contributed by atoms with Gasteiger partial charge in [0.1, 0.15) is 23.5 Å². The number of fused-ring (bicyclic) bond motifs is 3. The van der Waals surface area contributed by atoms with Crippen LogP contribution in [0.25, 0.3) is 5.69 Å². The van der Waals surface area contributed by atoms with Crippen molar-refractivity contribution in [2.45, 2.75) is 33.2 Å². The number of likely N-dealkylation sites (N-methyl/N-ethyl adjacent to an activating group) is 1. The van der Waals surface area contributed by atoms with Gasteiger partial charge in [0, 0.05) is 24.2 Å². The first-order chi connectivity index (χ1) is 14.9. The van der Waals surface area contributed by atoms with Gasteiger partial charge in [-0.1, -0.05) is 12.1 Å². The van der Waals surface area contributed by atoms with Crippen molar-refractivity contribution in [3.63, 3.8) is 0 Å². The zero-order chi connectivity index (χ0) is 22.1. The number of nitrogens with zero attached hydrogens (tertiary/aromatic N) is 5. The molecular weight excluding hydrogens is 400 g/mol. The van der Waals surface area contributed by atoms with Crippen molar-refractivity contribution < 1.29 is 13.6 Å². The predicted octanol–water partition coefficient (Wildman–Crippen LogP) is 3.87. The zero-order valence-corrected chi connectivity index (χ0v) is 17.6. The topological polar surface area (TPSA) is 63.4 Å². The SMILES string of the molecule is CCN(CC)C(=O)Cc1nnc2n1-c1ccc(F)cc1C(c1ccccc1F)=NC2C. The van der Waals surface area contributed by atoms with Crippen LogP contribution in [0.1, 0.15) is 49.6 Å². The highest BCUT2D eigenvalue weighted by Gasteiger charge is 2.29. The third-order valence-corrected chi connectivity index (χ3v) is 5.46. The Bertz CT molecular complexity index is 1170. The second kappa shape index (κ2) is 8.37. The standard InChI is InChI=1S/C23H23F2N5O/c1-4-29(5-2)21(31)13-20-27-28-23-14(3)26-22(16-8-6-7-9-18(16)25)17-12-15(24)10-11-19(17)30(20)23/h6-12,14H,4-5,13H2,1-3H3. The predicted molar refractivity (Wildman–Crippen MR) is 113 cm³/mol. The third kappa shape index (κ3) is 3.73. The van der Waals surface area contributed by atoms with E-state index in [1.165, 1.54) is 18.2 Å². The Kier molecular flexibility index (Phi) is 5.63. The van der Waals surface area contributed by atoms with Gasteiger partial charge >= 0.3 is 0 Å². The lowest BCUT2D eigenvalue weighted by atomic mass is 9.99. The van der Waals surface area contributed by atoms with Gasteiger partial charge in [-0.25, -0.2) is 8.78 Å². The summed E-state index contributed by atoms with van der Waals surface area (Å²) in [5, 5.41) is 8.53. The molecule has 0 aliphatic carbocycles. The fraction of sp³-hybridized carbons (Fsp3) is 0.304. The number of hydrogen-bond donors (Lipinski definition) is 0. The van der Waals surface area contributed by atoms with Crippen LogP contribution in [0.5, 0.6) is 0 Å². The summed E-state index contributed by atoms with van der Waals surface area (Å²) >= 11 is 0. The van der Waals surface area contributed by atoms with Crippen LogP contribution in [0.3, 0.4) is 0 Å². The Labute approximate surface area is 179 Å². The second-order valence-electron chi connectivity index (χ2n) is 7.35. The number of carbonyl (C=O) groups is 1. The number of carbonyl (C=O) groups excluding carboxylic acids is 1. The first-order valence-electron chi connectivity index (χ1n) is 10.3. The van der Waals surface area contributed by atoms with Crippen LogP contribution in [-0.2, 0) is 11.2 Å². The molecule has 31 heavy (non-hydrogen) atoms. The largest absolute Gasteiger partial charge is 0.343 e. The molecule has 3 aromatic rings. The average molecular weight is 423 g/mol. The van der Waals surface area contributed by atoms with E-state index in [4.69, 9.17) is 0 Å². The molecule has 1 unspecified atom stereocenters. The highest BCUT2D eigenvalue weighted by Crippen LogP contribution is 2.32. The fourth-order valence-corrected chi connectivity index (χ4v) is 3.88. The van der Waals surface area contributed by atoms with Crippen molar-refractivity contribution >= 4 is 11.6 Å². The number of hydrogen-bond acceptors (Lipinski definition) is 4. The Morgan fingerprint density at radius 1 is 1.06 bits per heavy atom. The summed E-state index contributed by atoms with van der Waals surface area (Å²) < 4.78 is 30.7. The highest BCUT2D eigenvalue weighted by atomic mass is 19.1. The van der Waals surface area contributed by atoms with Crippen molar-refractivity contribution in [2.75, 3.05) is 13.1 Å². The summed E-state index contributed by atoms with van der Waals surface area (Å²) in [5.41, 5.74) is 1.61. The molecule has 0 N–H and O–H groups in total. The van der Waals surface area contributed by atoms with E-state index in [0.717, 1.165) is 0 Å². The van der Waals surface area contributed by atoms with E-state index in [9.17, 15) is 13.6 Å². The molecule has 1 aliphatic rings. The van der Waals surface area contributed by atoms with E-state index >= 15 is 0 Å². The number of rotatable bonds is 5. The first kappa shape index (κ1) is 20.8. The molecule has 0 bridgehead atoms. The van der Waals surface area contributed by atoms with Crippen LogP contribution >= 0.6 is 0 Å². The normalized spacial score (nSPS) is 15.0. The molecule has 1 amide bonds. The van der Waals surface area contributed by atoms with Gasteiger partial charge in [-0.05, 0) is 51.1 Å². The van der Waals surface area contributed by atoms with Crippen LogP contribution in [0.15, 0.2) is 47.5 Å². The first-order valence-corrected chi connectivity index (χ1v) is 10.3. The molecule has 0 saturated carbocycles. The van der Waals surface area contributed by atoms with Gasteiger partial charge in [-0.3, -0.25) is 14.4 Å². The molecule has 1 aliphatic heterocycles. The summed E-state index contributed by atoms with van der Waals surface area (Å²) in [7, 11) is 0. The second-order valence-corrected chi connectivity index (χ2v) is 7.35. The molecule has 1 aromatic heterocycles. The molecule has 6 nitrogen and oxygen atoms in total. The molecule has 160 valence electrons. The molecule has 8 heteroatoms. The van der Waals surface area contributed by atoms with Gasteiger partial charge in [0.05, 0.1) is 17.8 Å². The van der Waals surface area contributed by atoms with E-state index in [0.29, 0.717) is 41.7 Å². The van der Waals surface area contributed by atoms with E-state index in [-0.39, 0.29) is 17.9 Å². The van der Waals surface area contributed by atoms with Crippen LogP contribution in [-0.4, -0.2) is 44.4 Å². The Morgan fingerprint density at radius 2 is 1.81 bits per heavy atom. The Morgan fingerprint density at radius 3 is 2.52 bits per heavy atom. The summed E-state index contributed by atoms with van der Waals surface area (Å²) in [4.78, 5) is 19.1. The van der Waals surface area contributed by atoms with Gasteiger partial charge in [-0.15, -0.1) is 10.2 Å². The number of halogens is 2. The summed E-state index contributed by atoms with van der Waals surface area (Å²) in [6, 6.07) is 10.0. The monoisotopic (exact) mass is 423 g/mol. The van der Waals surface area contributed by atoms with Gasteiger partial charge in [0.2, 0.25) is 5.91 Å². The summed E-state index contributed by atoms with van der Waals surface area (Å²) in [6.07, 6.45) is 0.0489. The lowest BCUT2D eigenvalue weighted by Gasteiger charge is -2.19. The minimum absolute atomic E-state index is 0.0489. The van der Waals surface area contributed by atoms with Crippen molar-refractivity contribution in [3.8, 4) is 5.69 Å². The highest BCUT2D eigenvalue weighted by molar-refractivity contribution is 6.15. The van der Waals surface area contributed by atoms with Crippen molar-refractivity contribution in [2.24, 2.45) is 4.99 Å². The maximum Gasteiger partial charge on any atom is 0.230 e. The van der Waals surface area contributed by atoms with Crippen molar-refractivity contribution in [1.82, 2.24) is 19.7 Å². The van der Waals surface area contributed by atoms with E-state index in [1.54, 1.807) is 33.7 Å². The molecule has 0 saturated heterocycles. The number of aliphatic imine (C=N–C) groups is 1. The lowest BCUT2D eigenvalue weighted by molar-refractivity contribution is -0.130. The molecule has 1 atom stereocenters. The Balaban J connectivity index is 1.89. The van der Waals surface area contributed by atoms with Crippen LogP contribution < -0.4 is 0 Å². The van der Waals surface area contributed by atoms with Gasteiger partial charge in [0.25, 0.3) is 0 Å². The van der Waals surface area contributed by atoms with E-state index in [2.05, 4.69) is 15.2 Å². The van der Waals surface area contributed by atoms with Crippen LogP contribution in [0.4, 0.5) is 8.78 Å². The third-order valence-electron chi connectivity index (χ3n) is 5.46. The van der Waals surface area contributed by atoms with E-state index < -0.39 is 17.7 Å². The number of benzene rings is 2. The summed E-state index contributed by atoms with van der Waals surface area (Å²) in [5.74, 6) is -0.0276.